The van der Waals surface area contributed by atoms with Gasteiger partial charge >= 0.3 is 0 Å². The molecule has 21 heavy (non-hydrogen) atoms. The predicted octanol–water partition coefficient (Wildman–Crippen LogP) is 3.81. The molecule has 0 fully saturated rings. The number of nitrogens with zero attached hydrogens (tertiary/aromatic N) is 2. The first-order chi connectivity index (χ1) is 9.90. The van der Waals surface area contributed by atoms with Crippen LogP contribution in [0.2, 0.25) is 0 Å². The molecule has 2 N–H and O–H groups in total. The molecule has 0 aliphatic heterocycles. The van der Waals surface area contributed by atoms with Gasteiger partial charge in [-0.2, -0.15) is 0 Å². The lowest BCUT2D eigenvalue weighted by atomic mass is 9.95. The minimum Gasteiger partial charge on any atom is -0.494 e. The van der Waals surface area contributed by atoms with Crippen molar-refractivity contribution in [1.29, 1.82) is 0 Å². The fourth-order valence-electron chi connectivity index (χ4n) is 1.89. The Morgan fingerprint density at radius 1 is 1.10 bits per heavy atom. The fourth-order valence-corrected chi connectivity index (χ4v) is 1.89. The first-order valence-corrected chi connectivity index (χ1v) is 7.28. The van der Waals surface area contributed by atoms with E-state index in [1.807, 2.05) is 24.3 Å². The lowest BCUT2D eigenvalue weighted by Gasteiger charge is -2.17. The topological polar surface area (TPSA) is 61.0 Å². The molecule has 1 aromatic heterocycles. The highest BCUT2D eigenvalue weighted by Gasteiger charge is 2.19. The molecular formula is C17H23N3O. The highest BCUT2D eigenvalue weighted by Crippen LogP contribution is 2.26. The van der Waals surface area contributed by atoms with Crippen LogP contribution in [-0.4, -0.2) is 16.6 Å². The number of rotatable bonds is 4. The molecule has 112 valence electrons. The number of hydrogen-bond acceptors (Lipinski definition) is 4. The van der Waals surface area contributed by atoms with Crippen LogP contribution in [0, 0.1) is 0 Å². The van der Waals surface area contributed by atoms with Gasteiger partial charge in [-0.3, -0.25) is 0 Å². The molecule has 0 aliphatic rings. The summed E-state index contributed by atoms with van der Waals surface area (Å²) in [5.41, 5.74) is 7.64. The molecule has 0 aliphatic carbocycles. The van der Waals surface area contributed by atoms with E-state index >= 15 is 0 Å². The molecule has 0 radical (unpaired) electrons. The first-order valence-electron chi connectivity index (χ1n) is 7.28. The molecule has 0 unspecified atom stereocenters. The molecule has 4 heteroatoms. The van der Waals surface area contributed by atoms with Crippen LogP contribution in [0.5, 0.6) is 5.75 Å². The fraction of sp³-hybridized carbons (Fsp3) is 0.412. The maximum Gasteiger partial charge on any atom is 0.136 e. The summed E-state index contributed by atoms with van der Waals surface area (Å²) in [6.07, 6.45) is 0.999. The van der Waals surface area contributed by atoms with E-state index in [0.29, 0.717) is 5.82 Å². The number of aromatic nitrogens is 2. The van der Waals surface area contributed by atoms with Crippen molar-refractivity contribution < 1.29 is 4.74 Å². The van der Waals surface area contributed by atoms with Crippen molar-refractivity contribution in [3.63, 3.8) is 0 Å². The van der Waals surface area contributed by atoms with Crippen LogP contribution in [0.25, 0.3) is 11.3 Å². The molecule has 2 rings (SSSR count). The number of nitrogens with two attached hydrogens (primary N) is 1. The van der Waals surface area contributed by atoms with Crippen molar-refractivity contribution in [1.82, 2.24) is 9.97 Å². The number of anilines is 1. The zero-order chi connectivity index (χ0) is 15.5. The molecule has 0 atom stereocenters. The molecular weight excluding hydrogens is 262 g/mol. The summed E-state index contributed by atoms with van der Waals surface area (Å²) in [6, 6.07) is 9.72. The second-order valence-corrected chi connectivity index (χ2v) is 6.12. The molecule has 0 amide bonds. The Hall–Kier alpha value is -2.10. The summed E-state index contributed by atoms with van der Waals surface area (Å²) in [5.74, 6) is 2.12. The maximum absolute atomic E-state index is 5.91. The van der Waals surface area contributed by atoms with Gasteiger partial charge in [-0.05, 0) is 30.7 Å². The van der Waals surface area contributed by atoms with E-state index in [0.717, 1.165) is 35.9 Å². The van der Waals surface area contributed by atoms with Gasteiger partial charge in [-0.15, -0.1) is 0 Å². The quantitative estimate of drug-likeness (QED) is 0.927. The third-order valence-electron chi connectivity index (χ3n) is 3.04. The minimum atomic E-state index is -0.131. The SMILES string of the molecule is CCCOc1ccc(-c2cc(N)nc(C(C)(C)C)n2)cc1. The molecule has 1 heterocycles. The Labute approximate surface area is 126 Å². The summed E-state index contributed by atoms with van der Waals surface area (Å²) in [4.78, 5) is 8.97. The van der Waals surface area contributed by atoms with E-state index in [1.165, 1.54) is 0 Å². The van der Waals surface area contributed by atoms with Gasteiger partial charge in [0, 0.05) is 17.0 Å². The molecule has 0 saturated heterocycles. The zero-order valence-corrected chi connectivity index (χ0v) is 13.2. The van der Waals surface area contributed by atoms with Gasteiger partial charge in [0.15, 0.2) is 0 Å². The van der Waals surface area contributed by atoms with Gasteiger partial charge in [-0.25, -0.2) is 9.97 Å². The summed E-state index contributed by atoms with van der Waals surface area (Å²) in [7, 11) is 0. The average Bonchev–Trinajstić information content (AvgIpc) is 2.44. The summed E-state index contributed by atoms with van der Waals surface area (Å²) in [6.45, 7) is 9.05. The van der Waals surface area contributed by atoms with E-state index < -0.39 is 0 Å². The van der Waals surface area contributed by atoms with Crippen molar-refractivity contribution in [3.8, 4) is 17.0 Å². The van der Waals surface area contributed by atoms with E-state index in [-0.39, 0.29) is 5.41 Å². The molecule has 1 aromatic carbocycles. The van der Waals surface area contributed by atoms with Crippen LogP contribution in [0.15, 0.2) is 30.3 Å². The van der Waals surface area contributed by atoms with E-state index in [9.17, 15) is 0 Å². The first kappa shape index (κ1) is 15.3. The smallest absolute Gasteiger partial charge is 0.136 e. The third kappa shape index (κ3) is 3.94. The van der Waals surface area contributed by atoms with E-state index in [1.54, 1.807) is 6.07 Å². The largest absolute Gasteiger partial charge is 0.494 e. The number of nitrogen functional groups attached to an aromatic ring is 1. The predicted molar refractivity (Wildman–Crippen MR) is 86.4 cm³/mol. The number of ether oxygens (including phenoxy) is 1. The summed E-state index contributed by atoms with van der Waals surface area (Å²) in [5, 5.41) is 0. The number of hydrogen-bond donors (Lipinski definition) is 1. The second kappa shape index (κ2) is 6.12. The minimum absolute atomic E-state index is 0.131. The third-order valence-corrected chi connectivity index (χ3v) is 3.04. The Kier molecular flexibility index (Phi) is 4.46. The second-order valence-electron chi connectivity index (χ2n) is 6.12. The van der Waals surface area contributed by atoms with Crippen molar-refractivity contribution in [3.05, 3.63) is 36.2 Å². The van der Waals surface area contributed by atoms with Crippen LogP contribution < -0.4 is 10.5 Å². The van der Waals surface area contributed by atoms with Gasteiger partial charge in [-0.1, -0.05) is 27.7 Å². The van der Waals surface area contributed by atoms with Gasteiger partial charge in [0.25, 0.3) is 0 Å². The van der Waals surface area contributed by atoms with Crippen molar-refractivity contribution >= 4 is 5.82 Å². The van der Waals surface area contributed by atoms with E-state index in [2.05, 4.69) is 37.7 Å². The van der Waals surface area contributed by atoms with Crippen LogP contribution in [-0.2, 0) is 5.41 Å². The maximum atomic E-state index is 5.91. The van der Waals surface area contributed by atoms with E-state index in [4.69, 9.17) is 10.5 Å². The lowest BCUT2D eigenvalue weighted by molar-refractivity contribution is 0.317. The number of benzene rings is 1. The lowest BCUT2D eigenvalue weighted by Crippen LogP contribution is -2.17. The van der Waals surface area contributed by atoms with Crippen molar-refractivity contribution in [2.75, 3.05) is 12.3 Å². The van der Waals surface area contributed by atoms with Gasteiger partial charge < -0.3 is 10.5 Å². The van der Waals surface area contributed by atoms with Crippen LogP contribution in [0.1, 0.15) is 39.9 Å². The van der Waals surface area contributed by atoms with Crippen LogP contribution in [0.4, 0.5) is 5.82 Å². The molecule has 4 nitrogen and oxygen atoms in total. The Bertz CT molecular complexity index is 600. The molecule has 0 spiro atoms. The van der Waals surface area contributed by atoms with Gasteiger partial charge in [0.1, 0.15) is 17.4 Å². The molecule has 0 bridgehead atoms. The Balaban J connectivity index is 2.31. The summed E-state index contributed by atoms with van der Waals surface area (Å²) >= 11 is 0. The van der Waals surface area contributed by atoms with Crippen LogP contribution in [0.3, 0.4) is 0 Å². The monoisotopic (exact) mass is 285 g/mol. The van der Waals surface area contributed by atoms with Gasteiger partial charge in [0.05, 0.1) is 12.3 Å². The zero-order valence-electron chi connectivity index (χ0n) is 13.2. The Morgan fingerprint density at radius 3 is 2.33 bits per heavy atom. The van der Waals surface area contributed by atoms with Crippen molar-refractivity contribution in [2.24, 2.45) is 0 Å². The van der Waals surface area contributed by atoms with Crippen molar-refractivity contribution in [2.45, 2.75) is 39.5 Å². The molecule has 2 aromatic rings. The summed E-state index contributed by atoms with van der Waals surface area (Å²) < 4.78 is 5.59. The highest BCUT2D eigenvalue weighted by atomic mass is 16.5. The highest BCUT2D eigenvalue weighted by molar-refractivity contribution is 5.62. The Morgan fingerprint density at radius 2 is 1.76 bits per heavy atom. The molecule has 0 saturated carbocycles. The average molecular weight is 285 g/mol. The van der Waals surface area contributed by atoms with Crippen LogP contribution >= 0.6 is 0 Å². The van der Waals surface area contributed by atoms with Gasteiger partial charge in [0.2, 0.25) is 0 Å². The normalized spacial score (nSPS) is 11.4. The standard InChI is InChI=1S/C17H23N3O/c1-5-10-21-13-8-6-12(7-9-13)14-11-15(18)20-16(19-14)17(2,3)4/h6-9,11H,5,10H2,1-4H3,(H2,18,19,20).